The van der Waals surface area contributed by atoms with Crippen molar-refractivity contribution in [3.63, 3.8) is 0 Å². The number of rotatable bonds is 2. The number of aryl methyl sites for hydroxylation is 1. The molecule has 7 nitrogen and oxygen atoms in total. The maximum absolute atomic E-state index is 13.2. The number of nitrogens with zero attached hydrogens (tertiary/aromatic N) is 3. The predicted octanol–water partition coefficient (Wildman–Crippen LogP) is 2.62. The molecular formula is C20H29N3O4. The topological polar surface area (TPSA) is 71.8 Å². The van der Waals surface area contributed by atoms with Gasteiger partial charge in [-0.25, -0.2) is 4.79 Å². The summed E-state index contributed by atoms with van der Waals surface area (Å²) in [6, 6.07) is 3.24. The van der Waals surface area contributed by atoms with E-state index in [1.807, 2.05) is 27.7 Å². The highest BCUT2D eigenvalue weighted by molar-refractivity contribution is 6.00. The molecule has 0 aromatic carbocycles. The van der Waals surface area contributed by atoms with Gasteiger partial charge in [0.05, 0.1) is 11.1 Å². The number of aromatic nitrogens is 1. The van der Waals surface area contributed by atoms with E-state index in [0.29, 0.717) is 39.0 Å². The van der Waals surface area contributed by atoms with Gasteiger partial charge >= 0.3 is 6.09 Å². The molecule has 2 saturated heterocycles. The van der Waals surface area contributed by atoms with Gasteiger partial charge in [0.2, 0.25) is 5.91 Å². The second-order valence-corrected chi connectivity index (χ2v) is 8.47. The van der Waals surface area contributed by atoms with Crippen LogP contribution in [0.3, 0.4) is 0 Å². The summed E-state index contributed by atoms with van der Waals surface area (Å²) >= 11 is 0. The average molecular weight is 375 g/mol. The lowest BCUT2D eigenvalue weighted by atomic mass is 9.77. The van der Waals surface area contributed by atoms with E-state index in [2.05, 4.69) is 0 Å². The van der Waals surface area contributed by atoms with E-state index in [1.165, 1.54) is 6.07 Å². The minimum Gasteiger partial charge on any atom is -0.444 e. The molecule has 2 aliphatic heterocycles. The van der Waals surface area contributed by atoms with Gasteiger partial charge in [-0.2, -0.15) is 0 Å². The van der Waals surface area contributed by atoms with Crippen LogP contribution >= 0.6 is 0 Å². The Kier molecular flexibility index (Phi) is 5.06. The molecule has 3 rings (SSSR count). The SMILES string of the molecule is CCn1cc(N2CCC3(CCN(C(=O)OC(C)(C)C)CC3)C2=O)ccc1=O. The van der Waals surface area contributed by atoms with E-state index >= 15 is 0 Å². The van der Waals surface area contributed by atoms with Crippen molar-refractivity contribution in [1.29, 1.82) is 0 Å². The van der Waals surface area contributed by atoms with Crippen molar-refractivity contribution in [2.45, 2.75) is 59.1 Å². The average Bonchev–Trinajstić information content (AvgIpc) is 2.91. The van der Waals surface area contributed by atoms with Gasteiger partial charge in [0.1, 0.15) is 5.60 Å². The predicted molar refractivity (Wildman–Crippen MR) is 103 cm³/mol. The summed E-state index contributed by atoms with van der Waals surface area (Å²) in [5.41, 5.74) is -0.221. The first-order valence-corrected chi connectivity index (χ1v) is 9.66. The van der Waals surface area contributed by atoms with Crippen LogP contribution in [0, 0.1) is 5.41 Å². The summed E-state index contributed by atoms with van der Waals surface area (Å²) in [4.78, 5) is 40.7. The van der Waals surface area contributed by atoms with Crippen molar-refractivity contribution in [2.75, 3.05) is 24.5 Å². The highest BCUT2D eigenvalue weighted by Gasteiger charge is 2.49. The first-order chi connectivity index (χ1) is 12.6. The number of hydrogen-bond donors (Lipinski definition) is 0. The summed E-state index contributed by atoms with van der Waals surface area (Å²) in [7, 11) is 0. The van der Waals surface area contributed by atoms with Crippen LogP contribution in [-0.4, -0.2) is 46.7 Å². The largest absolute Gasteiger partial charge is 0.444 e. The smallest absolute Gasteiger partial charge is 0.410 e. The summed E-state index contributed by atoms with van der Waals surface area (Å²) in [5.74, 6) is 0.104. The Morgan fingerprint density at radius 2 is 1.74 bits per heavy atom. The van der Waals surface area contributed by atoms with Crippen LogP contribution in [-0.2, 0) is 16.1 Å². The number of piperidine rings is 1. The van der Waals surface area contributed by atoms with Crippen LogP contribution in [0.5, 0.6) is 0 Å². The zero-order chi connectivity index (χ0) is 19.8. The maximum Gasteiger partial charge on any atom is 0.410 e. The van der Waals surface area contributed by atoms with Crippen LogP contribution in [0.1, 0.15) is 47.0 Å². The molecule has 2 fully saturated rings. The Balaban J connectivity index is 1.69. The highest BCUT2D eigenvalue weighted by atomic mass is 16.6. The summed E-state index contributed by atoms with van der Waals surface area (Å²) in [5, 5.41) is 0. The van der Waals surface area contributed by atoms with Crippen LogP contribution < -0.4 is 10.5 Å². The van der Waals surface area contributed by atoms with Gasteiger partial charge in [-0.15, -0.1) is 0 Å². The lowest BCUT2D eigenvalue weighted by Crippen LogP contribution is -2.48. The Hall–Kier alpha value is -2.31. The zero-order valence-electron chi connectivity index (χ0n) is 16.7. The molecule has 0 atom stereocenters. The minimum atomic E-state index is -0.519. The Labute approximate surface area is 159 Å². The summed E-state index contributed by atoms with van der Waals surface area (Å²) in [6.07, 6.45) is 3.52. The van der Waals surface area contributed by atoms with Gasteiger partial charge in [0.25, 0.3) is 5.56 Å². The fourth-order valence-electron chi connectivity index (χ4n) is 3.90. The Morgan fingerprint density at radius 1 is 1.11 bits per heavy atom. The van der Waals surface area contributed by atoms with Crippen molar-refractivity contribution < 1.29 is 14.3 Å². The van der Waals surface area contributed by atoms with Gasteiger partial charge in [-0.05, 0) is 53.0 Å². The van der Waals surface area contributed by atoms with Gasteiger partial charge in [-0.3, -0.25) is 9.59 Å². The van der Waals surface area contributed by atoms with Crippen molar-refractivity contribution in [2.24, 2.45) is 5.41 Å². The van der Waals surface area contributed by atoms with Gasteiger partial charge in [-0.1, -0.05) is 0 Å². The quantitative estimate of drug-likeness (QED) is 0.797. The third kappa shape index (κ3) is 3.87. The molecule has 1 aromatic heterocycles. The molecular weight excluding hydrogens is 346 g/mol. The normalized spacial score (nSPS) is 19.6. The molecule has 0 N–H and O–H groups in total. The van der Waals surface area contributed by atoms with Crippen molar-refractivity contribution in [3.8, 4) is 0 Å². The zero-order valence-corrected chi connectivity index (χ0v) is 16.7. The number of anilines is 1. The van der Waals surface area contributed by atoms with Crippen LogP contribution in [0.2, 0.25) is 0 Å². The van der Waals surface area contributed by atoms with E-state index in [0.717, 1.165) is 12.1 Å². The molecule has 0 aliphatic carbocycles. The maximum atomic E-state index is 13.2. The van der Waals surface area contributed by atoms with E-state index < -0.39 is 11.0 Å². The van der Waals surface area contributed by atoms with Crippen LogP contribution in [0.25, 0.3) is 0 Å². The van der Waals surface area contributed by atoms with E-state index in [1.54, 1.807) is 26.6 Å². The standard InChI is InChI=1S/C20H29N3O4/c1-5-21-14-15(6-7-16(21)24)23-13-10-20(17(23)25)8-11-22(12-9-20)18(26)27-19(2,3)4/h6-7,14H,5,8-13H2,1-4H3. The minimum absolute atomic E-state index is 0.0618. The highest BCUT2D eigenvalue weighted by Crippen LogP contribution is 2.43. The third-order valence-corrected chi connectivity index (χ3v) is 5.51. The molecule has 2 amide bonds. The first kappa shape index (κ1) is 19.5. The van der Waals surface area contributed by atoms with Crippen molar-refractivity contribution in [3.05, 3.63) is 28.7 Å². The molecule has 27 heavy (non-hydrogen) atoms. The molecule has 2 aliphatic rings. The van der Waals surface area contributed by atoms with E-state index in [-0.39, 0.29) is 17.6 Å². The second-order valence-electron chi connectivity index (χ2n) is 8.47. The Bertz CT molecular complexity index is 785. The summed E-state index contributed by atoms with van der Waals surface area (Å²) in [6.45, 7) is 9.74. The second kappa shape index (κ2) is 7.02. The van der Waals surface area contributed by atoms with Crippen molar-refractivity contribution >= 4 is 17.7 Å². The van der Waals surface area contributed by atoms with Gasteiger partial charge < -0.3 is 19.1 Å². The van der Waals surface area contributed by atoms with Gasteiger partial charge in [0.15, 0.2) is 0 Å². The third-order valence-electron chi connectivity index (χ3n) is 5.51. The number of carbonyl (C=O) groups is 2. The van der Waals surface area contributed by atoms with Crippen LogP contribution in [0.4, 0.5) is 10.5 Å². The molecule has 0 radical (unpaired) electrons. The number of hydrogen-bond acceptors (Lipinski definition) is 4. The molecule has 0 unspecified atom stereocenters. The fraction of sp³-hybridized carbons (Fsp3) is 0.650. The number of amides is 2. The first-order valence-electron chi connectivity index (χ1n) is 9.66. The molecule has 1 aromatic rings. The number of carbonyl (C=O) groups excluding carboxylic acids is 2. The molecule has 3 heterocycles. The van der Waals surface area contributed by atoms with Gasteiger partial charge in [0, 0.05) is 38.4 Å². The lowest BCUT2D eigenvalue weighted by molar-refractivity contribution is -0.128. The summed E-state index contributed by atoms with van der Waals surface area (Å²) < 4.78 is 7.05. The fourth-order valence-corrected chi connectivity index (χ4v) is 3.90. The monoisotopic (exact) mass is 375 g/mol. The number of likely N-dealkylation sites (tertiary alicyclic amines) is 1. The number of ether oxygens (including phenoxy) is 1. The van der Waals surface area contributed by atoms with E-state index in [9.17, 15) is 14.4 Å². The lowest BCUT2D eigenvalue weighted by Gasteiger charge is -2.38. The van der Waals surface area contributed by atoms with E-state index in [4.69, 9.17) is 4.74 Å². The molecule has 148 valence electrons. The van der Waals surface area contributed by atoms with Crippen LogP contribution in [0.15, 0.2) is 23.1 Å². The number of pyridine rings is 1. The molecule has 1 spiro atoms. The molecule has 0 bridgehead atoms. The van der Waals surface area contributed by atoms with Crippen molar-refractivity contribution in [1.82, 2.24) is 9.47 Å². The molecule has 7 heteroatoms. The molecule has 0 saturated carbocycles. The Morgan fingerprint density at radius 3 is 2.33 bits per heavy atom.